The van der Waals surface area contributed by atoms with E-state index in [9.17, 15) is 0 Å². The number of thiophene rings is 1. The zero-order chi connectivity index (χ0) is 13.8. The van der Waals surface area contributed by atoms with Crippen molar-refractivity contribution in [2.45, 2.75) is 39.2 Å². The lowest BCUT2D eigenvalue weighted by Gasteiger charge is -2.24. The molecule has 2 aromatic heterocycles. The quantitative estimate of drug-likeness (QED) is 0.830. The number of nitrogens with one attached hydrogen (secondary N) is 1. The maximum Gasteiger partial charge on any atom is 0.133 e. The van der Waals surface area contributed by atoms with Crippen molar-refractivity contribution in [1.29, 1.82) is 0 Å². The molecule has 1 N–H and O–H groups in total. The van der Waals surface area contributed by atoms with E-state index >= 15 is 0 Å². The Morgan fingerprint density at radius 1 is 1.45 bits per heavy atom. The molecular formula is C15H22N4S. The molecular weight excluding hydrogens is 268 g/mol. The average molecular weight is 290 g/mol. The fourth-order valence-electron chi connectivity index (χ4n) is 2.85. The van der Waals surface area contributed by atoms with Gasteiger partial charge in [0, 0.05) is 24.3 Å². The highest BCUT2D eigenvalue weighted by Crippen LogP contribution is 2.19. The minimum Gasteiger partial charge on any atom is -0.316 e. The second-order valence-corrected chi connectivity index (χ2v) is 6.47. The molecule has 3 rings (SSSR count). The van der Waals surface area contributed by atoms with E-state index in [1.807, 2.05) is 11.3 Å². The Bertz CT molecular complexity index is 519. The molecule has 0 spiro atoms. The van der Waals surface area contributed by atoms with Gasteiger partial charge in [-0.25, -0.2) is 0 Å². The molecule has 4 nitrogen and oxygen atoms in total. The lowest BCUT2D eigenvalue weighted by Crippen LogP contribution is -2.31. The number of fused-ring (bicyclic) bond motifs is 1. The molecule has 0 aromatic carbocycles. The van der Waals surface area contributed by atoms with Gasteiger partial charge in [0.05, 0.1) is 0 Å². The molecule has 2 aromatic rings. The van der Waals surface area contributed by atoms with E-state index in [1.165, 1.54) is 17.1 Å². The topological polar surface area (TPSA) is 42.7 Å². The molecule has 0 radical (unpaired) electrons. The first-order valence-electron chi connectivity index (χ1n) is 7.51. The smallest absolute Gasteiger partial charge is 0.133 e. The van der Waals surface area contributed by atoms with Gasteiger partial charge in [-0.05, 0) is 43.3 Å². The molecule has 0 saturated carbocycles. The van der Waals surface area contributed by atoms with E-state index in [-0.39, 0.29) is 0 Å². The molecule has 1 aliphatic heterocycles. The zero-order valence-corrected chi connectivity index (χ0v) is 12.8. The molecule has 108 valence electrons. The number of aromatic nitrogens is 3. The van der Waals surface area contributed by atoms with Crippen molar-refractivity contribution < 1.29 is 0 Å². The standard InChI is InChI=1S/C15H22N4S/c1-2-14-17-18-15-6-5-12(11-19(14)15)10-16-8-7-13-4-3-9-20-13/h3-4,9,12,16H,2,5-8,10-11H2,1H3. The van der Waals surface area contributed by atoms with Gasteiger partial charge in [-0.3, -0.25) is 0 Å². The minimum atomic E-state index is 0.715. The molecule has 0 fully saturated rings. The minimum absolute atomic E-state index is 0.715. The van der Waals surface area contributed by atoms with Crippen molar-refractivity contribution in [2.24, 2.45) is 5.92 Å². The summed E-state index contributed by atoms with van der Waals surface area (Å²) in [5.41, 5.74) is 0. The molecule has 1 aliphatic rings. The summed E-state index contributed by atoms with van der Waals surface area (Å²) in [4.78, 5) is 1.47. The maximum absolute atomic E-state index is 4.29. The predicted octanol–water partition coefficient (Wildman–Crippen LogP) is 2.30. The summed E-state index contributed by atoms with van der Waals surface area (Å²) in [7, 11) is 0. The lowest BCUT2D eigenvalue weighted by molar-refractivity contribution is 0.344. The number of hydrogen-bond donors (Lipinski definition) is 1. The van der Waals surface area contributed by atoms with Crippen LogP contribution in [0.3, 0.4) is 0 Å². The summed E-state index contributed by atoms with van der Waals surface area (Å²) >= 11 is 1.85. The molecule has 5 heteroatoms. The molecule has 0 amide bonds. The summed E-state index contributed by atoms with van der Waals surface area (Å²) in [6.07, 6.45) is 4.42. The Labute approximate surface area is 124 Å². The predicted molar refractivity (Wildman–Crippen MR) is 82.1 cm³/mol. The molecule has 0 bridgehead atoms. The first kappa shape index (κ1) is 13.8. The van der Waals surface area contributed by atoms with Gasteiger partial charge in [0.25, 0.3) is 0 Å². The number of hydrogen-bond acceptors (Lipinski definition) is 4. The zero-order valence-electron chi connectivity index (χ0n) is 12.0. The second-order valence-electron chi connectivity index (χ2n) is 5.43. The van der Waals surface area contributed by atoms with Crippen LogP contribution in [0.5, 0.6) is 0 Å². The Kier molecular flexibility index (Phi) is 4.47. The molecule has 0 aliphatic carbocycles. The van der Waals surface area contributed by atoms with Gasteiger partial charge in [0.15, 0.2) is 0 Å². The third-order valence-corrected chi connectivity index (χ3v) is 4.93. The SMILES string of the molecule is CCc1nnc2n1CC(CNCCc1cccs1)CC2. The molecule has 3 heterocycles. The third-order valence-electron chi connectivity index (χ3n) is 4.00. The first-order valence-corrected chi connectivity index (χ1v) is 8.39. The number of nitrogens with zero attached hydrogens (tertiary/aromatic N) is 3. The van der Waals surface area contributed by atoms with Crippen LogP contribution in [-0.4, -0.2) is 27.9 Å². The molecule has 0 saturated heterocycles. The Hall–Kier alpha value is -1.20. The van der Waals surface area contributed by atoms with Gasteiger partial charge in [-0.2, -0.15) is 0 Å². The van der Waals surface area contributed by atoms with Crippen LogP contribution >= 0.6 is 11.3 Å². The van der Waals surface area contributed by atoms with E-state index in [1.54, 1.807) is 0 Å². The van der Waals surface area contributed by atoms with E-state index in [2.05, 4.69) is 44.5 Å². The van der Waals surface area contributed by atoms with Gasteiger partial charge in [0.1, 0.15) is 11.6 Å². The average Bonchev–Trinajstić information content (AvgIpc) is 3.12. The summed E-state index contributed by atoms with van der Waals surface area (Å²) in [5.74, 6) is 3.03. The van der Waals surface area contributed by atoms with Gasteiger partial charge < -0.3 is 9.88 Å². The van der Waals surface area contributed by atoms with Crippen LogP contribution < -0.4 is 5.32 Å². The maximum atomic E-state index is 4.29. The van der Waals surface area contributed by atoms with Crippen molar-refractivity contribution in [1.82, 2.24) is 20.1 Å². The highest BCUT2D eigenvalue weighted by Gasteiger charge is 2.21. The van der Waals surface area contributed by atoms with Crippen LogP contribution in [0.25, 0.3) is 0 Å². The Balaban J connectivity index is 1.45. The fraction of sp³-hybridized carbons (Fsp3) is 0.600. The van der Waals surface area contributed by atoms with E-state index in [0.29, 0.717) is 5.92 Å². The summed E-state index contributed by atoms with van der Waals surface area (Å²) in [6, 6.07) is 4.34. The van der Waals surface area contributed by atoms with Gasteiger partial charge in [-0.1, -0.05) is 13.0 Å². The molecule has 1 unspecified atom stereocenters. The normalized spacial score (nSPS) is 18.1. The summed E-state index contributed by atoms with van der Waals surface area (Å²) < 4.78 is 2.33. The second kappa shape index (κ2) is 6.50. The molecule has 20 heavy (non-hydrogen) atoms. The monoisotopic (exact) mass is 290 g/mol. The van der Waals surface area contributed by atoms with Gasteiger partial charge >= 0.3 is 0 Å². The highest BCUT2D eigenvalue weighted by molar-refractivity contribution is 7.09. The van der Waals surface area contributed by atoms with Crippen LogP contribution in [-0.2, 0) is 25.8 Å². The Morgan fingerprint density at radius 2 is 2.40 bits per heavy atom. The van der Waals surface area contributed by atoms with Crippen molar-refractivity contribution >= 4 is 11.3 Å². The lowest BCUT2D eigenvalue weighted by atomic mass is 9.99. The van der Waals surface area contributed by atoms with Crippen molar-refractivity contribution in [3.63, 3.8) is 0 Å². The van der Waals surface area contributed by atoms with Gasteiger partial charge in [-0.15, -0.1) is 21.5 Å². The van der Waals surface area contributed by atoms with E-state index < -0.39 is 0 Å². The molecule has 1 atom stereocenters. The third kappa shape index (κ3) is 3.10. The number of aryl methyl sites for hydroxylation is 2. The summed E-state index contributed by atoms with van der Waals surface area (Å²) in [6.45, 7) is 5.41. The van der Waals surface area contributed by atoms with Crippen molar-refractivity contribution in [3.05, 3.63) is 34.0 Å². The highest BCUT2D eigenvalue weighted by atomic mass is 32.1. The van der Waals surface area contributed by atoms with E-state index in [0.717, 1.165) is 44.7 Å². The van der Waals surface area contributed by atoms with Crippen LogP contribution in [0, 0.1) is 5.92 Å². The van der Waals surface area contributed by atoms with Crippen molar-refractivity contribution in [3.8, 4) is 0 Å². The van der Waals surface area contributed by atoms with E-state index in [4.69, 9.17) is 0 Å². The van der Waals surface area contributed by atoms with Crippen LogP contribution in [0.1, 0.15) is 29.9 Å². The Morgan fingerprint density at radius 3 is 3.20 bits per heavy atom. The first-order chi connectivity index (χ1) is 9.86. The van der Waals surface area contributed by atoms with Crippen LogP contribution in [0.2, 0.25) is 0 Å². The largest absolute Gasteiger partial charge is 0.316 e. The van der Waals surface area contributed by atoms with Gasteiger partial charge in [0.2, 0.25) is 0 Å². The number of rotatable bonds is 6. The fourth-order valence-corrected chi connectivity index (χ4v) is 3.56. The van der Waals surface area contributed by atoms with Crippen molar-refractivity contribution in [2.75, 3.05) is 13.1 Å². The van der Waals surface area contributed by atoms with Crippen LogP contribution in [0.15, 0.2) is 17.5 Å². The van der Waals surface area contributed by atoms with Crippen LogP contribution in [0.4, 0.5) is 0 Å². The summed E-state index contributed by atoms with van der Waals surface area (Å²) in [5, 5.41) is 14.3.